The molecular weight excluding hydrogens is 326 g/mol. The molecular formula is C23H36ClN. The summed E-state index contributed by atoms with van der Waals surface area (Å²) >= 11 is 6.43. The Morgan fingerprint density at radius 2 is 1.44 bits per heavy atom. The van der Waals surface area contributed by atoms with Crippen LogP contribution in [0.5, 0.6) is 0 Å². The first-order chi connectivity index (χ1) is 11.7. The molecule has 0 unspecified atom stereocenters. The lowest BCUT2D eigenvalue weighted by Gasteiger charge is -2.21. The van der Waals surface area contributed by atoms with E-state index in [2.05, 4.69) is 65.8 Å². The largest absolute Gasteiger partial charge is 0.257 e. The van der Waals surface area contributed by atoms with Crippen molar-refractivity contribution in [3.05, 3.63) is 52.3 Å². The smallest absolute Gasteiger partial charge is 0.0485 e. The Morgan fingerprint density at radius 3 is 1.88 bits per heavy atom. The first-order valence-corrected chi connectivity index (χ1v) is 9.86. The Balaban J connectivity index is 0.00000134. The third-order valence-corrected chi connectivity index (χ3v) is 4.15. The summed E-state index contributed by atoms with van der Waals surface area (Å²) in [5.74, 6) is 0.439. The van der Waals surface area contributed by atoms with Crippen LogP contribution in [-0.2, 0) is 5.41 Å². The summed E-state index contributed by atoms with van der Waals surface area (Å²) in [5, 5.41) is 0.783. The van der Waals surface area contributed by atoms with Crippen molar-refractivity contribution in [2.24, 2.45) is 0 Å². The average molecular weight is 362 g/mol. The van der Waals surface area contributed by atoms with E-state index in [0.717, 1.165) is 27.5 Å². The van der Waals surface area contributed by atoms with E-state index in [-0.39, 0.29) is 5.41 Å². The van der Waals surface area contributed by atoms with Crippen LogP contribution in [0, 0.1) is 6.92 Å². The van der Waals surface area contributed by atoms with Crippen molar-refractivity contribution >= 4 is 11.6 Å². The third kappa shape index (κ3) is 6.47. The highest BCUT2D eigenvalue weighted by Crippen LogP contribution is 2.34. The van der Waals surface area contributed by atoms with Gasteiger partial charge < -0.3 is 0 Å². The molecule has 0 amide bonds. The maximum absolute atomic E-state index is 6.43. The number of benzene rings is 1. The van der Waals surface area contributed by atoms with Crippen LogP contribution in [0.25, 0.3) is 11.1 Å². The Hall–Kier alpha value is -1.34. The third-order valence-electron chi connectivity index (χ3n) is 3.82. The first-order valence-electron chi connectivity index (χ1n) is 9.48. The normalized spacial score (nSPS) is 10.6. The molecule has 2 rings (SSSR count). The molecule has 0 bridgehead atoms. The summed E-state index contributed by atoms with van der Waals surface area (Å²) in [6.45, 7) is 21.0. The molecule has 0 atom stereocenters. The van der Waals surface area contributed by atoms with Gasteiger partial charge in [-0.25, -0.2) is 0 Å². The van der Waals surface area contributed by atoms with Crippen LogP contribution in [0.3, 0.4) is 0 Å². The van der Waals surface area contributed by atoms with Crippen molar-refractivity contribution < 1.29 is 0 Å². The van der Waals surface area contributed by atoms with E-state index in [1.165, 1.54) is 5.56 Å². The minimum absolute atomic E-state index is 0.110. The van der Waals surface area contributed by atoms with Crippen molar-refractivity contribution in [1.82, 2.24) is 4.98 Å². The van der Waals surface area contributed by atoms with E-state index in [4.69, 9.17) is 16.6 Å². The Morgan fingerprint density at radius 1 is 0.880 bits per heavy atom. The van der Waals surface area contributed by atoms with Gasteiger partial charge >= 0.3 is 0 Å². The molecule has 0 aliphatic carbocycles. The van der Waals surface area contributed by atoms with E-state index >= 15 is 0 Å². The Kier molecular flexibility index (Phi) is 10.0. The Labute approximate surface area is 160 Å². The molecule has 1 aromatic heterocycles. The van der Waals surface area contributed by atoms with Gasteiger partial charge in [-0.15, -0.1) is 0 Å². The van der Waals surface area contributed by atoms with Gasteiger partial charge in [-0.3, -0.25) is 4.98 Å². The summed E-state index contributed by atoms with van der Waals surface area (Å²) in [4.78, 5) is 4.72. The molecule has 2 aromatic rings. The standard InChI is InChI=1S/C19H24ClN.2C2H6/c1-12(2)18-10-8-15(13(3)21-18)16-11-14(19(4,5)6)7-9-17(16)20;2*1-2/h7-12H,1-6H3;2*1-2H3. The van der Waals surface area contributed by atoms with Gasteiger partial charge in [0.05, 0.1) is 0 Å². The molecule has 1 aromatic carbocycles. The van der Waals surface area contributed by atoms with Crippen LogP contribution in [0.15, 0.2) is 30.3 Å². The lowest BCUT2D eigenvalue weighted by molar-refractivity contribution is 0.590. The minimum Gasteiger partial charge on any atom is -0.257 e. The molecule has 0 saturated heterocycles. The monoisotopic (exact) mass is 361 g/mol. The highest BCUT2D eigenvalue weighted by Gasteiger charge is 2.17. The van der Waals surface area contributed by atoms with Crippen LogP contribution in [0.1, 0.15) is 85.2 Å². The Bertz CT molecular complexity index is 652. The quantitative estimate of drug-likeness (QED) is 0.525. The van der Waals surface area contributed by atoms with Gasteiger partial charge in [-0.2, -0.15) is 0 Å². The second-order valence-corrected chi connectivity index (χ2v) is 7.38. The number of aromatic nitrogens is 1. The van der Waals surface area contributed by atoms with Crippen molar-refractivity contribution in [2.75, 3.05) is 0 Å². The number of aryl methyl sites for hydroxylation is 1. The maximum atomic E-state index is 6.43. The van der Waals surface area contributed by atoms with Gasteiger partial charge in [0.15, 0.2) is 0 Å². The zero-order chi connectivity index (χ0) is 19.8. The van der Waals surface area contributed by atoms with Gasteiger partial charge in [0, 0.05) is 27.5 Å². The molecule has 140 valence electrons. The number of nitrogens with zero attached hydrogens (tertiary/aromatic N) is 1. The lowest BCUT2D eigenvalue weighted by Crippen LogP contribution is -2.11. The maximum Gasteiger partial charge on any atom is 0.0485 e. The van der Waals surface area contributed by atoms with Crippen molar-refractivity contribution in [1.29, 1.82) is 0 Å². The molecule has 1 heterocycles. The zero-order valence-corrected chi connectivity index (χ0v) is 18.5. The lowest BCUT2D eigenvalue weighted by atomic mass is 9.85. The van der Waals surface area contributed by atoms with E-state index < -0.39 is 0 Å². The number of rotatable bonds is 2. The van der Waals surface area contributed by atoms with Crippen LogP contribution in [-0.4, -0.2) is 4.98 Å². The summed E-state index contributed by atoms with van der Waals surface area (Å²) in [6.07, 6.45) is 0. The summed E-state index contributed by atoms with van der Waals surface area (Å²) in [5.41, 5.74) is 5.75. The predicted octanol–water partition coefficient (Wildman–Crippen LogP) is 8.18. The summed E-state index contributed by atoms with van der Waals surface area (Å²) in [7, 11) is 0. The molecule has 0 aliphatic rings. The number of hydrogen-bond acceptors (Lipinski definition) is 1. The molecule has 0 spiro atoms. The van der Waals surface area contributed by atoms with Gasteiger partial charge in [0.1, 0.15) is 0 Å². The molecule has 0 radical (unpaired) electrons. The zero-order valence-electron chi connectivity index (χ0n) is 17.8. The van der Waals surface area contributed by atoms with Crippen molar-refractivity contribution in [2.45, 2.75) is 80.6 Å². The molecule has 0 aliphatic heterocycles. The first kappa shape index (κ1) is 23.7. The highest BCUT2D eigenvalue weighted by atomic mass is 35.5. The second-order valence-electron chi connectivity index (χ2n) is 6.97. The minimum atomic E-state index is 0.110. The molecule has 25 heavy (non-hydrogen) atoms. The fourth-order valence-electron chi connectivity index (χ4n) is 2.38. The molecule has 2 heteroatoms. The van der Waals surface area contributed by atoms with E-state index in [1.807, 2.05) is 33.8 Å². The van der Waals surface area contributed by atoms with Crippen LogP contribution >= 0.6 is 11.6 Å². The molecule has 0 N–H and O–H groups in total. The summed E-state index contributed by atoms with van der Waals surface area (Å²) < 4.78 is 0. The van der Waals surface area contributed by atoms with E-state index in [0.29, 0.717) is 5.92 Å². The summed E-state index contributed by atoms with van der Waals surface area (Å²) in [6, 6.07) is 10.5. The second kappa shape index (κ2) is 10.6. The topological polar surface area (TPSA) is 12.9 Å². The van der Waals surface area contributed by atoms with Crippen molar-refractivity contribution in [3.63, 3.8) is 0 Å². The van der Waals surface area contributed by atoms with Crippen molar-refractivity contribution in [3.8, 4) is 11.1 Å². The van der Waals surface area contributed by atoms with Crippen LogP contribution in [0.4, 0.5) is 0 Å². The van der Waals surface area contributed by atoms with Crippen LogP contribution in [0.2, 0.25) is 5.02 Å². The fraction of sp³-hybridized carbons (Fsp3) is 0.522. The SMILES string of the molecule is CC.CC.Cc1nc(C(C)C)ccc1-c1cc(C(C)(C)C)ccc1Cl. The average Bonchev–Trinajstić information content (AvgIpc) is 2.58. The van der Waals surface area contributed by atoms with E-state index in [1.54, 1.807) is 0 Å². The highest BCUT2D eigenvalue weighted by molar-refractivity contribution is 6.33. The fourth-order valence-corrected chi connectivity index (χ4v) is 2.60. The van der Waals surface area contributed by atoms with E-state index in [9.17, 15) is 0 Å². The predicted molar refractivity (Wildman–Crippen MR) is 115 cm³/mol. The van der Waals surface area contributed by atoms with Crippen LogP contribution < -0.4 is 0 Å². The molecule has 1 nitrogen and oxygen atoms in total. The van der Waals surface area contributed by atoms with Gasteiger partial charge in [-0.1, -0.05) is 86.0 Å². The molecule has 0 fully saturated rings. The van der Waals surface area contributed by atoms with Gasteiger partial charge in [-0.05, 0) is 42.0 Å². The number of hydrogen-bond donors (Lipinski definition) is 0. The number of pyridine rings is 1. The number of halogens is 1. The molecule has 0 saturated carbocycles. The van der Waals surface area contributed by atoms with Gasteiger partial charge in [0.2, 0.25) is 0 Å². The van der Waals surface area contributed by atoms with Gasteiger partial charge in [0.25, 0.3) is 0 Å².